The first kappa shape index (κ1) is 15.6. The Labute approximate surface area is 79.7 Å². The van der Waals surface area contributed by atoms with Gasteiger partial charge in [-0.15, -0.1) is 0 Å². The van der Waals surface area contributed by atoms with Crippen LogP contribution in [-0.4, -0.2) is 58.4 Å². The van der Waals surface area contributed by atoms with Crippen LogP contribution in [0.5, 0.6) is 0 Å². The SMILES string of the molecule is O.[BaH2].[O]=[V](=[O])[OH]. The monoisotopic (exact) mass is 258 g/mol. The number of rotatable bonds is 0. The first-order chi connectivity index (χ1) is 1.73. The van der Waals surface area contributed by atoms with Crippen molar-refractivity contribution >= 4 is 48.9 Å². The molecule has 0 radical (unpaired) electrons. The summed E-state index contributed by atoms with van der Waals surface area (Å²) in [7, 11) is 0. The van der Waals surface area contributed by atoms with Gasteiger partial charge < -0.3 is 5.48 Å². The average molecular weight is 257 g/mol. The van der Waals surface area contributed by atoms with Crippen LogP contribution in [0.25, 0.3) is 0 Å². The molecule has 0 fully saturated rings. The van der Waals surface area contributed by atoms with Crippen LogP contribution in [0.3, 0.4) is 0 Å². The van der Waals surface area contributed by atoms with Gasteiger partial charge >= 0.3 is 75.7 Å². The molecule has 6 heavy (non-hydrogen) atoms. The molecule has 0 rings (SSSR count). The summed E-state index contributed by atoms with van der Waals surface area (Å²) in [4.78, 5) is 0. The molecule has 0 aromatic carbocycles. The third kappa shape index (κ3) is 44.2. The molecule has 3 N–H and O–H groups in total. The maximum atomic E-state index is 8.67. The van der Waals surface area contributed by atoms with Crippen molar-refractivity contribution in [1.82, 2.24) is 0 Å². The fraction of sp³-hybridized carbons (Fsp3) is 0. The zero-order valence-electron chi connectivity index (χ0n) is 2.21. The van der Waals surface area contributed by atoms with Gasteiger partial charge in [0.05, 0.1) is 0 Å². The van der Waals surface area contributed by atoms with E-state index in [-0.39, 0.29) is 54.4 Å². The van der Waals surface area contributed by atoms with Gasteiger partial charge in [-0.25, -0.2) is 0 Å². The zero-order valence-corrected chi connectivity index (χ0v) is 3.61. The number of hydrogen-bond acceptors (Lipinski definition) is 2. The Morgan fingerprint density at radius 1 is 1.33 bits per heavy atom. The summed E-state index contributed by atoms with van der Waals surface area (Å²) in [5.41, 5.74) is 0. The van der Waals surface area contributed by atoms with Gasteiger partial charge in [0.2, 0.25) is 0 Å². The standard InChI is InChI=1S/Ba.2H2O.2O.V.2H/h;2*1H2;;;;;/q;;;;;+1;;/p-1. The molecule has 0 unspecified atom stereocenters. The molecule has 6 heteroatoms. The van der Waals surface area contributed by atoms with Gasteiger partial charge in [-0.05, 0) is 0 Å². The molecular formula is H5BaO4V. The van der Waals surface area contributed by atoms with Gasteiger partial charge in [0.25, 0.3) is 0 Å². The minimum absolute atomic E-state index is 0. The van der Waals surface area contributed by atoms with Crippen molar-refractivity contribution in [2.75, 3.05) is 0 Å². The topological polar surface area (TPSA) is 85.9 Å². The Bertz CT molecular complexity index is 55.9. The summed E-state index contributed by atoms with van der Waals surface area (Å²) in [5, 5.41) is 0. The summed E-state index contributed by atoms with van der Waals surface area (Å²) >= 11 is -3.69. The van der Waals surface area contributed by atoms with Crippen molar-refractivity contribution in [2.45, 2.75) is 0 Å². The molecule has 0 saturated heterocycles. The van der Waals surface area contributed by atoms with E-state index in [1.165, 1.54) is 0 Å². The predicted octanol–water partition coefficient (Wildman–Crippen LogP) is -2.54. The molecule has 0 spiro atoms. The van der Waals surface area contributed by atoms with E-state index in [0.29, 0.717) is 0 Å². The Kier molecular flexibility index (Phi) is 25.7. The normalized spacial score (nSPS) is 4.17. The fourth-order valence-corrected chi connectivity index (χ4v) is 0. The summed E-state index contributed by atoms with van der Waals surface area (Å²) in [6, 6.07) is 0. The van der Waals surface area contributed by atoms with E-state index in [0.717, 1.165) is 0 Å². The van der Waals surface area contributed by atoms with Crippen molar-refractivity contribution in [3.05, 3.63) is 0 Å². The molecular weight excluding hydrogens is 252 g/mol. The predicted molar refractivity (Wildman–Crippen MR) is 15.7 cm³/mol. The Morgan fingerprint density at radius 2 is 1.33 bits per heavy atom. The molecule has 0 saturated carbocycles. The Morgan fingerprint density at radius 3 is 1.33 bits per heavy atom. The third-order valence-electron chi connectivity index (χ3n) is 0. The van der Waals surface area contributed by atoms with Crippen molar-refractivity contribution in [3.63, 3.8) is 0 Å². The zero-order chi connectivity index (χ0) is 3.58. The molecule has 0 aliphatic rings. The van der Waals surface area contributed by atoms with E-state index in [2.05, 4.69) is 0 Å². The van der Waals surface area contributed by atoms with E-state index in [1.54, 1.807) is 0 Å². The van der Waals surface area contributed by atoms with Gasteiger partial charge in [-0.2, -0.15) is 0 Å². The van der Waals surface area contributed by atoms with Crippen molar-refractivity contribution in [1.29, 1.82) is 0 Å². The van der Waals surface area contributed by atoms with E-state index >= 15 is 0 Å². The molecule has 0 aromatic rings. The summed E-state index contributed by atoms with van der Waals surface area (Å²) in [5.74, 6) is 0. The summed E-state index contributed by atoms with van der Waals surface area (Å²) in [6.07, 6.45) is 0. The molecule has 0 aliphatic carbocycles. The molecule has 0 heterocycles. The van der Waals surface area contributed by atoms with Crippen LogP contribution in [-0.2, 0) is 22.7 Å². The molecule has 0 aromatic heterocycles. The van der Waals surface area contributed by atoms with E-state index in [4.69, 9.17) is 11.4 Å². The quantitative estimate of drug-likeness (QED) is 0.485. The van der Waals surface area contributed by atoms with Gasteiger partial charge in [-0.3, -0.25) is 0 Å². The number of hydrogen-bond donors (Lipinski definition) is 1. The van der Waals surface area contributed by atoms with Crippen LogP contribution in [0, 0.1) is 0 Å². The van der Waals surface area contributed by atoms with Crippen LogP contribution >= 0.6 is 0 Å². The van der Waals surface area contributed by atoms with Crippen LogP contribution in [0.1, 0.15) is 0 Å². The maximum absolute atomic E-state index is 8.67. The van der Waals surface area contributed by atoms with Crippen molar-refractivity contribution < 1.29 is 32.3 Å². The molecule has 36 valence electrons. The van der Waals surface area contributed by atoms with Gasteiger partial charge in [0.1, 0.15) is 0 Å². The van der Waals surface area contributed by atoms with Crippen LogP contribution < -0.4 is 0 Å². The first-order valence-corrected chi connectivity index (χ1v) is 2.33. The van der Waals surface area contributed by atoms with E-state index in [9.17, 15) is 0 Å². The molecule has 0 bridgehead atoms. The summed E-state index contributed by atoms with van der Waals surface area (Å²) < 4.78 is 24.4. The molecule has 0 aliphatic heterocycles. The fourth-order valence-electron chi connectivity index (χ4n) is 0. The third-order valence-corrected chi connectivity index (χ3v) is 0. The van der Waals surface area contributed by atoms with Gasteiger partial charge in [0, 0.05) is 0 Å². The second-order valence-electron chi connectivity index (χ2n) is 0.238. The average Bonchev–Trinajstić information content (AvgIpc) is 0.811. The van der Waals surface area contributed by atoms with E-state index in [1.807, 2.05) is 0 Å². The summed E-state index contributed by atoms with van der Waals surface area (Å²) in [6.45, 7) is 0. The molecule has 4 nitrogen and oxygen atoms in total. The van der Waals surface area contributed by atoms with Crippen molar-refractivity contribution in [2.24, 2.45) is 0 Å². The van der Waals surface area contributed by atoms with Crippen molar-refractivity contribution in [3.8, 4) is 0 Å². The first-order valence-electron chi connectivity index (χ1n) is 0.565. The van der Waals surface area contributed by atoms with Gasteiger partial charge in [-0.1, -0.05) is 0 Å². The van der Waals surface area contributed by atoms with Crippen LogP contribution in [0.15, 0.2) is 0 Å². The Hall–Kier alpha value is 1.68. The molecule has 0 atom stereocenters. The van der Waals surface area contributed by atoms with Crippen LogP contribution in [0.2, 0.25) is 0 Å². The second-order valence-corrected chi connectivity index (χ2v) is 0.981. The minimum atomic E-state index is -3.69. The molecule has 0 amide bonds. The Balaban J connectivity index is -0.0000000450. The second kappa shape index (κ2) is 9.84. The van der Waals surface area contributed by atoms with Gasteiger partial charge in [0.15, 0.2) is 0 Å². The van der Waals surface area contributed by atoms with E-state index < -0.39 is 15.4 Å². The van der Waals surface area contributed by atoms with Crippen LogP contribution in [0.4, 0.5) is 0 Å².